The predicted octanol–water partition coefficient (Wildman–Crippen LogP) is 3.73. The van der Waals surface area contributed by atoms with Gasteiger partial charge in [0.15, 0.2) is 0 Å². The zero-order valence-electron chi connectivity index (χ0n) is 18.8. The molecule has 1 atom stereocenters. The van der Waals surface area contributed by atoms with E-state index < -0.39 is 21.6 Å². The minimum atomic E-state index is -5.51. The zero-order chi connectivity index (χ0) is 23.8. The van der Waals surface area contributed by atoms with Crippen LogP contribution in [-0.4, -0.2) is 53.1 Å². The first-order chi connectivity index (χ1) is 15.6. The Bertz CT molecular complexity index is 1080. The predicted molar refractivity (Wildman–Crippen MR) is 118 cm³/mol. The Balaban J connectivity index is 1.75. The molecule has 0 bridgehead atoms. The zero-order valence-corrected chi connectivity index (χ0v) is 19.6. The van der Waals surface area contributed by atoms with Crippen LogP contribution in [0.15, 0.2) is 30.7 Å². The summed E-state index contributed by atoms with van der Waals surface area (Å²) >= 11 is 0. The van der Waals surface area contributed by atoms with E-state index in [1.54, 1.807) is 23.9 Å². The highest BCUT2D eigenvalue weighted by molar-refractivity contribution is 7.89. The van der Waals surface area contributed by atoms with E-state index in [0.717, 1.165) is 36.9 Å². The number of hydrogen-bond donors (Lipinski definition) is 0. The molecule has 182 valence electrons. The maximum atomic E-state index is 13.5. The van der Waals surface area contributed by atoms with Gasteiger partial charge in [-0.25, -0.2) is 13.4 Å². The Morgan fingerprint density at radius 3 is 2.58 bits per heavy atom. The van der Waals surface area contributed by atoms with Gasteiger partial charge in [-0.1, -0.05) is 25.0 Å². The van der Waals surface area contributed by atoms with E-state index in [9.17, 15) is 21.6 Å². The van der Waals surface area contributed by atoms with Crippen LogP contribution in [0.3, 0.4) is 0 Å². The first kappa shape index (κ1) is 24.0. The molecule has 1 fully saturated rings. The normalized spacial score (nSPS) is 20.8. The first-order valence-corrected chi connectivity index (χ1v) is 12.5. The van der Waals surface area contributed by atoms with E-state index in [0.29, 0.717) is 22.1 Å². The van der Waals surface area contributed by atoms with E-state index in [-0.39, 0.29) is 25.8 Å². The Kier molecular flexibility index (Phi) is 6.75. The Morgan fingerprint density at radius 2 is 1.94 bits per heavy atom. The van der Waals surface area contributed by atoms with E-state index in [2.05, 4.69) is 4.98 Å². The average molecular weight is 487 g/mol. The van der Waals surface area contributed by atoms with Gasteiger partial charge in [0.05, 0.1) is 37.3 Å². The second-order valence-electron chi connectivity index (χ2n) is 8.87. The minimum Gasteiger partial charge on any atom is -0.376 e. The van der Waals surface area contributed by atoms with Crippen LogP contribution < -0.4 is 4.90 Å². The third-order valence-corrected chi connectivity index (χ3v) is 7.98. The van der Waals surface area contributed by atoms with E-state index in [4.69, 9.17) is 4.74 Å². The summed E-state index contributed by atoms with van der Waals surface area (Å²) in [6.07, 6.45) is 7.50. The molecule has 1 aliphatic carbocycles. The maximum absolute atomic E-state index is 13.5. The van der Waals surface area contributed by atoms with Crippen LogP contribution in [0.1, 0.15) is 42.5 Å². The fourth-order valence-corrected chi connectivity index (χ4v) is 5.60. The van der Waals surface area contributed by atoms with Gasteiger partial charge in [0.2, 0.25) is 0 Å². The lowest BCUT2D eigenvalue weighted by Crippen LogP contribution is -2.49. The van der Waals surface area contributed by atoms with Crippen LogP contribution in [0.5, 0.6) is 0 Å². The van der Waals surface area contributed by atoms with Gasteiger partial charge in [-0.3, -0.25) is 0 Å². The van der Waals surface area contributed by atoms with Gasteiger partial charge in [0.25, 0.3) is 0 Å². The van der Waals surface area contributed by atoms with Gasteiger partial charge in [-0.05, 0) is 37.0 Å². The van der Waals surface area contributed by atoms with Crippen molar-refractivity contribution in [3.8, 4) is 0 Å². The lowest BCUT2D eigenvalue weighted by atomic mass is 10.1. The monoisotopic (exact) mass is 486 g/mol. The molecule has 1 saturated carbocycles. The van der Waals surface area contributed by atoms with Gasteiger partial charge >= 0.3 is 15.5 Å². The second-order valence-corrected chi connectivity index (χ2v) is 10.8. The summed E-state index contributed by atoms with van der Waals surface area (Å²) in [5, 5.41) is 0. The fourth-order valence-electron chi connectivity index (χ4n) is 4.64. The van der Waals surface area contributed by atoms with Crippen molar-refractivity contribution < 1.29 is 26.3 Å². The van der Waals surface area contributed by atoms with Crippen LogP contribution in [0.2, 0.25) is 0 Å². The average Bonchev–Trinajstić information content (AvgIpc) is 3.37. The number of halogens is 3. The number of anilines is 1. The molecule has 0 saturated heterocycles. The van der Waals surface area contributed by atoms with Crippen LogP contribution in [0.4, 0.5) is 18.9 Å². The highest BCUT2D eigenvalue weighted by atomic mass is 32.2. The number of hydrogen-bond acceptors (Lipinski definition) is 5. The van der Waals surface area contributed by atoms with Crippen LogP contribution in [0.25, 0.3) is 0 Å². The number of aryl methyl sites for hydroxylation is 2. The van der Waals surface area contributed by atoms with Gasteiger partial charge in [-0.15, -0.1) is 0 Å². The van der Waals surface area contributed by atoms with Gasteiger partial charge in [-0.2, -0.15) is 17.5 Å². The molecule has 0 radical (unpaired) electrons. The number of imidazole rings is 1. The number of nitrogens with zero attached hydrogens (tertiary/aromatic N) is 4. The number of aromatic nitrogens is 2. The Morgan fingerprint density at radius 1 is 1.21 bits per heavy atom. The molecule has 1 aromatic carbocycles. The van der Waals surface area contributed by atoms with Crippen molar-refractivity contribution in [2.75, 3.05) is 18.1 Å². The molecule has 0 spiro atoms. The number of fused-ring (bicyclic) bond motifs is 1. The topological polar surface area (TPSA) is 67.7 Å². The SMILES string of the molecule is Cc1cccc2c1CN(S(=O)(=O)C(F)(F)F)C[C@@H](COC1CCCC1)N2Cc1cn(C)cn1. The lowest BCUT2D eigenvalue weighted by Gasteiger charge is -2.34. The summed E-state index contributed by atoms with van der Waals surface area (Å²) in [4.78, 5) is 6.33. The summed E-state index contributed by atoms with van der Waals surface area (Å²) in [7, 11) is -3.67. The summed E-state index contributed by atoms with van der Waals surface area (Å²) in [6, 6.07) is 4.85. The van der Waals surface area contributed by atoms with Crippen molar-refractivity contribution in [1.82, 2.24) is 13.9 Å². The van der Waals surface area contributed by atoms with E-state index >= 15 is 0 Å². The summed E-state index contributed by atoms with van der Waals surface area (Å²) in [5.41, 5.74) is -2.63. The molecule has 33 heavy (non-hydrogen) atoms. The van der Waals surface area contributed by atoms with Crippen LogP contribution in [-0.2, 0) is 34.9 Å². The Hall–Kier alpha value is -2.11. The van der Waals surface area contributed by atoms with E-state index in [1.807, 2.05) is 30.3 Å². The molecule has 7 nitrogen and oxygen atoms in total. The van der Waals surface area contributed by atoms with Crippen LogP contribution >= 0.6 is 0 Å². The van der Waals surface area contributed by atoms with E-state index in [1.165, 1.54) is 0 Å². The lowest BCUT2D eigenvalue weighted by molar-refractivity contribution is -0.0495. The first-order valence-electron chi connectivity index (χ1n) is 11.1. The molecule has 1 aliphatic heterocycles. The van der Waals surface area contributed by atoms with Crippen molar-refractivity contribution in [3.63, 3.8) is 0 Å². The molecular weight excluding hydrogens is 457 g/mol. The Labute approximate surface area is 192 Å². The summed E-state index contributed by atoms with van der Waals surface area (Å²) < 4.78 is 74.0. The molecule has 0 amide bonds. The second kappa shape index (κ2) is 9.27. The summed E-state index contributed by atoms with van der Waals surface area (Å²) in [6.45, 7) is 1.58. The molecule has 4 rings (SSSR count). The van der Waals surface area contributed by atoms with Crippen LogP contribution in [0, 0.1) is 6.92 Å². The van der Waals surface area contributed by atoms with Crippen molar-refractivity contribution in [2.45, 2.75) is 63.4 Å². The summed E-state index contributed by atoms with van der Waals surface area (Å²) in [5.74, 6) is 0. The van der Waals surface area contributed by atoms with Gasteiger partial charge in [0.1, 0.15) is 0 Å². The van der Waals surface area contributed by atoms with Crippen molar-refractivity contribution in [1.29, 1.82) is 0 Å². The molecule has 2 aliphatic rings. The third kappa shape index (κ3) is 5.04. The molecule has 0 N–H and O–H groups in total. The molecular formula is C22H29F3N4O3S. The fraction of sp³-hybridized carbons (Fsp3) is 0.591. The molecule has 11 heteroatoms. The van der Waals surface area contributed by atoms with Crippen molar-refractivity contribution >= 4 is 15.7 Å². The molecule has 0 unspecified atom stereocenters. The third-order valence-electron chi connectivity index (χ3n) is 6.43. The number of rotatable bonds is 6. The largest absolute Gasteiger partial charge is 0.511 e. The van der Waals surface area contributed by atoms with Crippen molar-refractivity contribution in [3.05, 3.63) is 47.5 Å². The molecule has 1 aromatic heterocycles. The number of ether oxygens (including phenoxy) is 1. The molecule has 2 aromatic rings. The van der Waals surface area contributed by atoms with Gasteiger partial charge < -0.3 is 14.2 Å². The van der Waals surface area contributed by atoms with Gasteiger partial charge in [0, 0.05) is 32.0 Å². The minimum absolute atomic E-state index is 0.0506. The standard InChI is InChI=1S/C22H29F3N4O3S/c1-16-6-5-9-21-20(16)13-28(33(30,31)22(23,24)25)12-18(14-32-19-7-3-4-8-19)29(21)11-17-10-27(2)15-26-17/h5-6,9-10,15,18-19H,3-4,7-8,11-14H2,1-2H3/t18-/m0/s1. The quantitative estimate of drug-likeness (QED) is 0.623. The number of sulfonamides is 1. The smallest absolute Gasteiger partial charge is 0.376 e. The maximum Gasteiger partial charge on any atom is 0.511 e. The molecule has 2 heterocycles. The highest BCUT2D eigenvalue weighted by Gasteiger charge is 2.51. The number of benzene rings is 1. The highest BCUT2D eigenvalue weighted by Crippen LogP contribution is 2.36. The van der Waals surface area contributed by atoms with Crippen molar-refractivity contribution in [2.24, 2.45) is 7.05 Å². The number of alkyl halides is 3.